The van der Waals surface area contributed by atoms with Gasteiger partial charge < -0.3 is 15.4 Å². The molecule has 0 saturated heterocycles. The summed E-state index contributed by atoms with van der Waals surface area (Å²) in [7, 11) is 1.65. The summed E-state index contributed by atoms with van der Waals surface area (Å²) in [5, 5.41) is 6.27. The normalized spacial score (nSPS) is 13.6. The van der Waals surface area contributed by atoms with Gasteiger partial charge in [0, 0.05) is 24.8 Å². The summed E-state index contributed by atoms with van der Waals surface area (Å²) in [6.07, 6.45) is 9.84. The zero-order chi connectivity index (χ0) is 18.9. The van der Waals surface area contributed by atoms with E-state index in [1.807, 2.05) is 24.3 Å². The topological polar surface area (TPSA) is 63.2 Å². The molecule has 1 aliphatic carbocycles. The Morgan fingerprint density at radius 3 is 2.78 bits per heavy atom. The molecule has 0 atom stereocenters. The highest BCUT2D eigenvalue weighted by molar-refractivity contribution is 5.94. The van der Waals surface area contributed by atoms with E-state index in [-0.39, 0.29) is 5.91 Å². The van der Waals surface area contributed by atoms with E-state index >= 15 is 0 Å². The number of benzene rings is 1. The van der Waals surface area contributed by atoms with Gasteiger partial charge in [0.2, 0.25) is 0 Å². The number of nitrogens with one attached hydrogen (secondary N) is 2. The maximum absolute atomic E-state index is 12.4. The molecule has 27 heavy (non-hydrogen) atoms. The van der Waals surface area contributed by atoms with Crippen molar-refractivity contribution in [2.75, 3.05) is 19.0 Å². The van der Waals surface area contributed by atoms with Crippen LogP contribution in [0.5, 0.6) is 5.75 Å². The molecule has 0 fully saturated rings. The van der Waals surface area contributed by atoms with Crippen LogP contribution in [0, 0.1) is 0 Å². The number of hydrogen-bond donors (Lipinski definition) is 2. The number of nitrogens with zero attached hydrogens (tertiary/aromatic N) is 1. The average molecular weight is 365 g/mol. The standard InChI is InChI=1S/C22H27N3O2/c1-27-20-9-7-18(8-10-20)16-25-21-15-19(12-14-23-21)22(26)24-13-11-17-5-3-2-4-6-17/h5,7-10,12,14-15H,2-4,6,11,13,16H2,1H3,(H,23,25)(H,24,26). The van der Waals surface area contributed by atoms with Crippen molar-refractivity contribution in [3.63, 3.8) is 0 Å². The van der Waals surface area contributed by atoms with Gasteiger partial charge in [-0.05, 0) is 61.9 Å². The van der Waals surface area contributed by atoms with Crippen LogP contribution in [0.4, 0.5) is 5.82 Å². The lowest BCUT2D eigenvalue weighted by Crippen LogP contribution is -2.25. The van der Waals surface area contributed by atoms with Crippen molar-refractivity contribution < 1.29 is 9.53 Å². The molecule has 3 rings (SSSR count). The van der Waals surface area contributed by atoms with Crippen LogP contribution in [0.25, 0.3) is 0 Å². The van der Waals surface area contributed by atoms with Crippen molar-refractivity contribution in [1.82, 2.24) is 10.3 Å². The van der Waals surface area contributed by atoms with E-state index in [2.05, 4.69) is 21.7 Å². The molecule has 1 amide bonds. The fraction of sp³-hybridized carbons (Fsp3) is 0.364. The van der Waals surface area contributed by atoms with Gasteiger partial charge >= 0.3 is 0 Å². The van der Waals surface area contributed by atoms with Gasteiger partial charge in [0.25, 0.3) is 5.91 Å². The third-order valence-electron chi connectivity index (χ3n) is 4.77. The highest BCUT2D eigenvalue weighted by Crippen LogP contribution is 2.19. The van der Waals surface area contributed by atoms with Crippen molar-refractivity contribution in [2.45, 2.75) is 38.6 Å². The summed E-state index contributed by atoms with van der Waals surface area (Å²) in [6.45, 7) is 1.32. The smallest absolute Gasteiger partial charge is 0.251 e. The van der Waals surface area contributed by atoms with Crippen molar-refractivity contribution >= 4 is 11.7 Å². The lowest BCUT2D eigenvalue weighted by Gasteiger charge is -2.13. The van der Waals surface area contributed by atoms with Crippen LogP contribution in [0.3, 0.4) is 0 Å². The summed E-state index contributed by atoms with van der Waals surface area (Å²) in [6, 6.07) is 11.4. The van der Waals surface area contributed by atoms with Gasteiger partial charge in [-0.3, -0.25) is 4.79 Å². The summed E-state index contributed by atoms with van der Waals surface area (Å²) < 4.78 is 5.16. The number of pyridine rings is 1. The summed E-state index contributed by atoms with van der Waals surface area (Å²) >= 11 is 0. The lowest BCUT2D eigenvalue weighted by atomic mass is 9.97. The first kappa shape index (κ1) is 19.0. The second-order valence-corrected chi connectivity index (χ2v) is 6.75. The number of allylic oxidation sites excluding steroid dienone is 1. The molecule has 1 aromatic heterocycles. The van der Waals surface area contributed by atoms with E-state index in [0.717, 1.165) is 17.7 Å². The van der Waals surface area contributed by atoms with Crippen LogP contribution < -0.4 is 15.4 Å². The summed E-state index contributed by atoms with van der Waals surface area (Å²) in [5.74, 6) is 1.47. The molecule has 5 nitrogen and oxygen atoms in total. The molecule has 1 aliphatic rings. The molecule has 0 radical (unpaired) electrons. The molecule has 0 unspecified atom stereocenters. The largest absolute Gasteiger partial charge is 0.497 e. The average Bonchev–Trinajstić information content (AvgIpc) is 2.73. The Kier molecular flexibility index (Phi) is 6.85. The molecule has 1 heterocycles. The molecule has 2 N–H and O–H groups in total. The molecule has 0 saturated carbocycles. The van der Waals surface area contributed by atoms with Crippen LogP contribution in [0.1, 0.15) is 48.0 Å². The van der Waals surface area contributed by atoms with Crippen LogP contribution in [0.15, 0.2) is 54.2 Å². The number of hydrogen-bond acceptors (Lipinski definition) is 4. The molecule has 0 aliphatic heterocycles. The molecule has 2 aromatic rings. The van der Waals surface area contributed by atoms with Crippen LogP contribution in [-0.4, -0.2) is 24.5 Å². The predicted octanol–water partition coefficient (Wildman–Crippen LogP) is 4.32. The molecule has 5 heteroatoms. The Balaban J connectivity index is 1.49. The van der Waals surface area contributed by atoms with E-state index < -0.39 is 0 Å². The first-order valence-corrected chi connectivity index (χ1v) is 9.53. The SMILES string of the molecule is COc1ccc(CNc2cc(C(=O)NCCC3=CCCCC3)ccn2)cc1. The third-order valence-corrected chi connectivity index (χ3v) is 4.77. The summed E-state index contributed by atoms with van der Waals surface area (Å²) in [4.78, 5) is 16.7. The minimum Gasteiger partial charge on any atom is -0.497 e. The maximum atomic E-state index is 12.4. The Bertz CT molecular complexity index is 784. The number of amides is 1. The van der Waals surface area contributed by atoms with E-state index in [1.54, 1.807) is 25.4 Å². The second-order valence-electron chi connectivity index (χ2n) is 6.75. The Morgan fingerprint density at radius 1 is 1.19 bits per heavy atom. The lowest BCUT2D eigenvalue weighted by molar-refractivity contribution is 0.0954. The Morgan fingerprint density at radius 2 is 2.04 bits per heavy atom. The van der Waals surface area contributed by atoms with Gasteiger partial charge in [-0.25, -0.2) is 4.98 Å². The number of rotatable bonds is 8. The number of ether oxygens (including phenoxy) is 1. The second kappa shape index (κ2) is 9.76. The van der Waals surface area contributed by atoms with Crippen molar-refractivity contribution in [3.8, 4) is 5.75 Å². The highest BCUT2D eigenvalue weighted by Gasteiger charge is 2.08. The van der Waals surface area contributed by atoms with Crippen molar-refractivity contribution in [1.29, 1.82) is 0 Å². The molecule has 142 valence electrons. The van der Waals surface area contributed by atoms with Crippen molar-refractivity contribution in [3.05, 3.63) is 65.4 Å². The zero-order valence-corrected chi connectivity index (χ0v) is 15.8. The summed E-state index contributed by atoms with van der Waals surface area (Å²) in [5.41, 5.74) is 3.21. The Hall–Kier alpha value is -2.82. The van der Waals surface area contributed by atoms with Crippen LogP contribution in [0.2, 0.25) is 0 Å². The predicted molar refractivity (Wildman–Crippen MR) is 108 cm³/mol. The van der Waals surface area contributed by atoms with E-state index in [4.69, 9.17) is 4.74 Å². The van der Waals surface area contributed by atoms with Gasteiger partial charge in [0.05, 0.1) is 7.11 Å². The fourth-order valence-corrected chi connectivity index (χ4v) is 3.17. The maximum Gasteiger partial charge on any atom is 0.251 e. The van der Waals surface area contributed by atoms with E-state index in [0.29, 0.717) is 24.5 Å². The molecular weight excluding hydrogens is 338 g/mol. The van der Waals surface area contributed by atoms with Crippen LogP contribution >= 0.6 is 0 Å². The quantitative estimate of drug-likeness (QED) is 0.684. The third kappa shape index (κ3) is 5.84. The number of methoxy groups -OCH3 is 1. The van der Waals surface area contributed by atoms with Crippen LogP contribution in [-0.2, 0) is 6.54 Å². The fourth-order valence-electron chi connectivity index (χ4n) is 3.17. The first-order chi connectivity index (χ1) is 13.2. The number of anilines is 1. The highest BCUT2D eigenvalue weighted by atomic mass is 16.5. The minimum absolute atomic E-state index is 0.0543. The number of aromatic nitrogens is 1. The minimum atomic E-state index is -0.0543. The van der Waals surface area contributed by atoms with Gasteiger partial charge in [0.15, 0.2) is 0 Å². The van der Waals surface area contributed by atoms with Gasteiger partial charge in [0.1, 0.15) is 11.6 Å². The number of carbonyl (C=O) groups excluding carboxylic acids is 1. The van der Waals surface area contributed by atoms with Crippen molar-refractivity contribution in [2.24, 2.45) is 0 Å². The van der Waals surface area contributed by atoms with E-state index in [1.165, 1.54) is 31.3 Å². The zero-order valence-electron chi connectivity index (χ0n) is 15.8. The Labute approximate surface area is 160 Å². The van der Waals surface area contributed by atoms with Gasteiger partial charge in [-0.2, -0.15) is 0 Å². The van der Waals surface area contributed by atoms with E-state index in [9.17, 15) is 4.79 Å². The van der Waals surface area contributed by atoms with Gasteiger partial charge in [-0.1, -0.05) is 23.8 Å². The monoisotopic (exact) mass is 365 g/mol. The first-order valence-electron chi connectivity index (χ1n) is 9.53. The molecular formula is C22H27N3O2. The number of carbonyl (C=O) groups is 1. The molecule has 0 bridgehead atoms. The molecule has 1 aromatic carbocycles. The molecule has 0 spiro atoms. The van der Waals surface area contributed by atoms with Gasteiger partial charge in [-0.15, -0.1) is 0 Å².